The van der Waals surface area contributed by atoms with Crippen LogP contribution in [0.2, 0.25) is 0 Å². The number of benzene rings is 1. The summed E-state index contributed by atoms with van der Waals surface area (Å²) in [5.41, 5.74) is 6.45. The van der Waals surface area contributed by atoms with Gasteiger partial charge in [-0.1, -0.05) is 37.0 Å². The van der Waals surface area contributed by atoms with E-state index in [1.165, 1.54) is 4.90 Å². The third-order valence-electron chi connectivity index (χ3n) is 4.59. The van der Waals surface area contributed by atoms with Crippen molar-refractivity contribution in [1.82, 2.24) is 9.62 Å². The predicted molar refractivity (Wildman–Crippen MR) is 101 cm³/mol. The summed E-state index contributed by atoms with van der Waals surface area (Å²) >= 11 is 0. The maximum absolute atomic E-state index is 12.5. The van der Waals surface area contributed by atoms with Crippen LogP contribution in [-0.4, -0.2) is 44.9 Å². The second-order valence-corrected chi connectivity index (χ2v) is 8.42. The van der Waals surface area contributed by atoms with E-state index in [-0.39, 0.29) is 29.8 Å². The maximum atomic E-state index is 12.5. The molecule has 0 aliphatic heterocycles. The monoisotopic (exact) mass is 389 g/mol. The predicted octanol–water partition coefficient (Wildman–Crippen LogP) is 1.82. The molecule has 1 aliphatic carbocycles. The summed E-state index contributed by atoms with van der Waals surface area (Å²) in [5.74, 6) is -0.100. The Bertz CT molecular complexity index is 671. The summed E-state index contributed by atoms with van der Waals surface area (Å²) in [6.45, 7) is 2.36. The minimum Gasteiger partial charge on any atom is -0.343 e. The Hall–Kier alpha value is -1.15. The van der Waals surface area contributed by atoms with Gasteiger partial charge in [0.2, 0.25) is 15.9 Å². The zero-order valence-corrected chi connectivity index (χ0v) is 16.5. The number of carbonyl (C=O) groups excluding carboxylic acids is 1. The highest BCUT2D eigenvalue weighted by atomic mass is 35.5. The van der Waals surface area contributed by atoms with Crippen molar-refractivity contribution in [1.29, 1.82) is 0 Å². The van der Waals surface area contributed by atoms with Gasteiger partial charge in [0.1, 0.15) is 0 Å². The van der Waals surface area contributed by atoms with Gasteiger partial charge >= 0.3 is 0 Å². The summed E-state index contributed by atoms with van der Waals surface area (Å²) in [6, 6.07) is 6.66. The number of nitrogens with two attached hydrogens (primary N) is 1. The largest absolute Gasteiger partial charge is 0.343 e. The van der Waals surface area contributed by atoms with Crippen molar-refractivity contribution >= 4 is 28.3 Å². The van der Waals surface area contributed by atoms with Crippen LogP contribution in [0.3, 0.4) is 0 Å². The lowest BCUT2D eigenvalue weighted by Gasteiger charge is -2.35. The maximum Gasteiger partial charge on any atom is 0.242 e. The molecule has 0 aromatic heterocycles. The second-order valence-electron chi connectivity index (χ2n) is 6.65. The van der Waals surface area contributed by atoms with Gasteiger partial charge in [0, 0.05) is 20.1 Å². The molecule has 1 saturated carbocycles. The quantitative estimate of drug-likeness (QED) is 0.776. The smallest absolute Gasteiger partial charge is 0.242 e. The summed E-state index contributed by atoms with van der Waals surface area (Å²) in [7, 11) is -1.89. The molecule has 1 amide bonds. The van der Waals surface area contributed by atoms with Crippen LogP contribution in [0.5, 0.6) is 0 Å². The van der Waals surface area contributed by atoms with Crippen molar-refractivity contribution in [2.45, 2.75) is 49.5 Å². The van der Waals surface area contributed by atoms with Crippen LogP contribution in [0.4, 0.5) is 0 Å². The number of hydrogen-bond donors (Lipinski definition) is 2. The molecule has 0 saturated heterocycles. The Labute approximate surface area is 156 Å². The number of nitrogens with zero attached hydrogens (tertiary/aromatic N) is 1. The fraction of sp³-hybridized carbons (Fsp3) is 0.588. The van der Waals surface area contributed by atoms with Gasteiger partial charge in [-0.05, 0) is 31.9 Å². The number of aryl methyl sites for hydroxylation is 1. The first-order chi connectivity index (χ1) is 11.2. The fourth-order valence-corrected chi connectivity index (χ4v) is 4.05. The molecule has 1 aromatic rings. The third kappa shape index (κ3) is 5.67. The Morgan fingerprint density at radius 1 is 1.20 bits per heavy atom. The molecule has 8 heteroatoms. The minimum absolute atomic E-state index is 0. The first-order valence-corrected chi connectivity index (χ1v) is 9.84. The van der Waals surface area contributed by atoms with Crippen LogP contribution in [0.1, 0.15) is 37.7 Å². The van der Waals surface area contributed by atoms with E-state index >= 15 is 0 Å². The van der Waals surface area contributed by atoms with Gasteiger partial charge in [-0.25, -0.2) is 13.1 Å². The molecule has 1 fully saturated rings. The molecule has 3 N–H and O–H groups in total. The molecule has 0 spiro atoms. The highest BCUT2D eigenvalue weighted by Crippen LogP contribution is 2.27. The van der Waals surface area contributed by atoms with Crippen LogP contribution in [0.25, 0.3) is 0 Å². The van der Waals surface area contributed by atoms with E-state index in [4.69, 9.17) is 5.73 Å². The summed E-state index contributed by atoms with van der Waals surface area (Å²) in [5, 5.41) is 0. The molecular formula is C17H28ClN3O3S. The highest BCUT2D eigenvalue weighted by molar-refractivity contribution is 7.89. The molecule has 6 nitrogen and oxygen atoms in total. The highest BCUT2D eigenvalue weighted by Gasteiger charge is 2.37. The van der Waals surface area contributed by atoms with Crippen molar-refractivity contribution in [3.8, 4) is 0 Å². The van der Waals surface area contributed by atoms with Gasteiger partial charge < -0.3 is 10.6 Å². The Kier molecular flexibility index (Phi) is 7.87. The number of carbonyl (C=O) groups is 1. The number of hydrogen-bond acceptors (Lipinski definition) is 4. The van der Waals surface area contributed by atoms with E-state index in [2.05, 4.69) is 4.72 Å². The van der Waals surface area contributed by atoms with E-state index in [9.17, 15) is 13.2 Å². The zero-order valence-electron chi connectivity index (χ0n) is 14.8. The van der Waals surface area contributed by atoms with E-state index in [1.807, 2.05) is 6.92 Å². The van der Waals surface area contributed by atoms with Crippen molar-refractivity contribution < 1.29 is 13.2 Å². The third-order valence-corrected chi connectivity index (χ3v) is 6.07. The number of sulfonamides is 1. The molecule has 0 heterocycles. The molecule has 142 valence electrons. The molecule has 25 heavy (non-hydrogen) atoms. The SMILES string of the molecule is Cc1ccc(S(=O)(=O)NCCN(C)C(=O)C2(N)CCCCC2)cc1.Cl. The van der Waals surface area contributed by atoms with Crippen LogP contribution < -0.4 is 10.5 Å². The number of likely N-dealkylation sites (N-methyl/N-ethyl adjacent to an activating group) is 1. The zero-order chi connectivity index (χ0) is 17.8. The number of halogens is 1. The van der Waals surface area contributed by atoms with Crippen LogP contribution in [0.15, 0.2) is 29.2 Å². The van der Waals surface area contributed by atoms with Crippen molar-refractivity contribution in [2.75, 3.05) is 20.1 Å². The summed E-state index contributed by atoms with van der Waals surface area (Å²) < 4.78 is 27.0. The molecule has 2 rings (SSSR count). The van der Waals surface area contributed by atoms with E-state index in [0.717, 1.165) is 24.8 Å². The topological polar surface area (TPSA) is 92.5 Å². The van der Waals surface area contributed by atoms with Crippen molar-refractivity contribution in [3.05, 3.63) is 29.8 Å². The molecule has 0 atom stereocenters. The molecule has 0 bridgehead atoms. The first-order valence-electron chi connectivity index (χ1n) is 8.35. The lowest BCUT2D eigenvalue weighted by atomic mass is 9.81. The van der Waals surface area contributed by atoms with Crippen molar-refractivity contribution in [2.24, 2.45) is 5.73 Å². The number of nitrogens with one attached hydrogen (secondary N) is 1. The van der Waals surface area contributed by atoms with E-state index in [1.54, 1.807) is 31.3 Å². The Morgan fingerprint density at radius 3 is 2.32 bits per heavy atom. The van der Waals surface area contributed by atoms with E-state index in [0.29, 0.717) is 19.4 Å². The first kappa shape index (κ1) is 21.9. The van der Waals surface area contributed by atoms with Crippen molar-refractivity contribution in [3.63, 3.8) is 0 Å². The summed E-state index contributed by atoms with van der Waals surface area (Å²) in [4.78, 5) is 14.3. The number of rotatable bonds is 6. The molecule has 1 aliphatic rings. The van der Waals surface area contributed by atoms with Gasteiger partial charge in [-0.2, -0.15) is 0 Å². The molecule has 0 unspecified atom stereocenters. The average molecular weight is 390 g/mol. The van der Waals surface area contributed by atoms with Gasteiger partial charge in [0.15, 0.2) is 0 Å². The molecular weight excluding hydrogens is 362 g/mol. The Morgan fingerprint density at radius 2 is 1.76 bits per heavy atom. The molecule has 1 aromatic carbocycles. The lowest BCUT2D eigenvalue weighted by Crippen LogP contribution is -2.56. The fourth-order valence-electron chi connectivity index (χ4n) is 3.03. The van der Waals surface area contributed by atoms with Crippen LogP contribution in [0, 0.1) is 6.92 Å². The lowest BCUT2D eigenvalue weighted by molar-refractivity contribution is -0.136. The van der Waals surface area contributed by atoms with Gasteiger partial charge in [-0.15, -0.1) is 12.4 Å². The second kappa shape index (κ2) is 8.98. The average Bonchev–Trinajstić information content (AvgIpc) is 2.55. The molecule has 0 radical (unpaired) electrons. The van der Waals surface area contributed by atoms with Gasteiger partial charge in [-0.3, -0.25) is 4.79 Å². The standard InChI is InChI=1S/C17H27N3O3S.ClH/c1-14-6-8-15(9-7-14)24(22,23)19-12-13-20(2)16(21)17(18)10-4-3-5-11-17;/h6-9,19H,3-5,10-13,18H2,1-2H3;1H. The van der Waals surface area contributed by atoms with Crippen LogP contribution in [-0.2, 0) is 14.8 Å². The van der Waals surface area contributed by atoms with Gasteiger partial charge in [0.05, 0.1) is 10.4 Å². The normalized spacial score (nSPS) is 16.8. The number of amides is 1. The minimum atomic E-state index is -3.56. The Balaban J connectivity index is 0.00000312. The van der Waals surface area contributed by atoms with E-state index < -0.39 is 15.6 Å². The van der Waals surface area contributed by atoms with Crippen LogP contribution >= 0.6 is 12.4 Å². The summed E-state index contributed by atoms with van der Waals surface area (Å²) in [6.07, 6.45) is 4.45. The van der Waals surface area contributed by atoms with Gasteiger partial charge in [0.25, 0.3) is 0 Å².